The maximum Gasteiger partial charge on any atom is 0.235 e. The van der Waals surface area contributed by atoms with Crippen molar-refractivity contribution in [2.45, 2.75) is 20.3 Å². The van der Waals surface area contributed by atoms with E-state index < -0.39 is 21.7 Å². The van der Waals surface area contributed by atoms with Crippen LogP contribution in [0.2, 0.25) is 0 Å². The summed E-state index contributed by atoms with van der Waals surface area (Å²) in [6.45, 7) is 4.03. The van der Waals surface area contributed by atoms with Gasteiger partial charge in [0.15, 0.2) is 11.6 Å². The lowest BCUT2D eigenvalue weighted by atomic mass is 10.1. The Labute approximate surface area is 234 Å². The number of halogens is 2. The van der Waals surface area contributed by atoms with Gasteiger partial charge in [-0.1, -0.05) is 6.07 Å². The van der Waals surface area contributed by atoms with Gasteiger partial charge in [-0.3, -0.25) is 9.10 Å². The van der Waals surface area contributed by atoms with Crippen LogP contribution < -0.4 is 14.8 Å². The minimum atomic E-state index is -3.35. The van der Waals surface area contributed by atoms with Gasteiger partial charge in [0.05, 0.1) is 34.6 Å². The number of sulfonamides is 1. The molecule has 1 aliphatic rings. The third-order valence-corrected chi connectivity index (χ3v) is 9.00. The molecule has 0 amide bonds. The molecule has 3 aromatic carbocycles. The smallest absolute Gasteiger partial charge is 0.235 e. The molecule has 1 fully saturated rings. The Kier molecular flexibility index (Phi) is 6.29. The Balaban J connectivity index is 1.28. The van der Waals surface area contributed by atoms with Gasteiger partial charge in [0.25, 0.3) is 0 Å². The van der Waals surface area contributed by atoms with Crippen LogP contribution in [0.15, 0.2) is 60.8 Å². The Morgan fingerprint density at radius 3 is 2.56 bits per heavy atom. The van der Waals surface area contributed by atoms with Crippen LogP contribution in [0.4, 0.5) is 20.3 Å². The Morgan fingerprint density at radius 1 is 1.05 bits per heavy atom. The highest BCUT2D eigenvalue weighted by molar-refractivity contribution is 7.93. The van der Waals surface area contributed by atoms with Crippen LogP contribution in [0, 0.1) is 25.5 Å². The third-order valence-electron chi connectivity index (χ3n) is 7.14. The number of aryl methyl sites for hydroxylation is 2. The number of benzene rings is 3. The molecule has 2 aromatic heterocycles. The summed E-state index contributed by atoms with van der Waals surface area (Å²) in [4.78, 5) is 16.6. The van der Waals surface area contributed by atoms with E-state index in [1.807, 2.05) is 13.0 Å². The molecule has 1 aliphatic heterocycles. The lowest BCUT2D eigenvalue weighted by Crippen LogP contribution is -2.25. The number of nitrogen functional groups attached to an aromatic ring is 1. The molecule has 12 heteroatoms. The van der Waals surface area contributed by atoms with Gasteiger partial charge in [0.1, 0.15) is 11.6 Å². The largest absolute Gasteiger partial charge is 0.454 e. The summed E-state index contributed by atoms with van der Waals surface area (Å²) in [6.07, 6.45) is 1.95. The van der Waals surface area contributed by atoms with Gasteiger partial charge < -0.3 is 15.5 Å². The van der Waals surface area contributed by atoms with Crippen LogP contribution in [0.5, 0.6) is 11.5 Å². The zero-order valence-corrected chi connectivity index (χ0v) is 22.9. The van der Waals surface area contributed by atoms with E-state index in [-0.39, 0.29) is 40.1 Å². The van der Waals surface area contributed by atoms with E-state index in [4.69, 9.17) is 10.5 Å². The number of ketones is 1. The first-order valence-electron chi connectivity index (χ1n) is 12.8. The fourth-order valence-corrected chi connectivity index (χ4v) is 6.69. The summed E-state index contributed by atoms with van der Waals surface area (Å²) in [5.74, 6) is -2.21. The van der Waals surface area contributed by atoms with E-state index in [2.05, 4.69) is 10.1 Å². The molecule has 0 radical (unpaired) electrons. The van der Waals surface area contributed by atoms with E-state index in [0.717, 1.165) is 17.0 Å². The van der Waals surface area contributed by atoms with E-state index in [1.54, 1.807) is 37.3 Å². The van der Waals surface area contributed by atoms with Crippen molar-refractivity contribution in [1.82, 2.24) is 14.8 Å². The summed E-state index contributed by atoms with van der Waals surface area (Å²) in [5, 5.41) is 5.08. The molecule has 9 nitrogen and oxygen atoms in total. The second kappa shape index (κ2) is 9.73. The van der Waals surface area contributed by atoms with Crippen molar-refractivity contribution in [2.75, 3.05) is 22.3 Å². The van der Waals surface area contributed by atoms with E-state index in [9.17, 15) is 22.0 Å². The lowest BCUT2D eigenvalue weighted by Gasteiger charge is -2.19. The van der Waals surface area contributed by atoms with Crippen molar-refractivity contribution in [3.63, 3.8) is 0 Å². The van der Waals surface area contributed by atoms with Crippen LogP contribution in [0.3, 0.4) is 0 Å². The first-order chi connectivity index (χ1) is 19.5. The van der Waals surface area contributed by atoms with Gasteiger partial charge in [-0.05, 0) is 79.9 Å². The number of H-pyrrole nitrogens is 1. The number of carbonyl (C=O) groups excluding carboxylic acids is 1. The molecule has 0 spiro atoms. The van der Waals surface area contributed by atoms with Gasteiger partial charge in [-0.25, -0.2) is 17.5 Å². The fourth-order valence-electron chi connectivity index (χ4n) is 5.07. The normalized spacial score (nSPS) is 14.6. The highest BCUT2D eigenvalue weighted by atomic mass is 32.2. The molecule has 0 bridgehead atoms. The number of nitrogens with one attached hydrogen (secondary N) is 1. The van der Waals surface area contributed by atoms with Crippen molar-refractivity contribution < 1.29 is 26.7 Å². The molecule has 3 N–H and O–H groups in total. The van der Waals surface area contributed by atoms with Gasteiger partial charge >= 0.3 is 0 Å². The predicted octanol–water partition coefficient (Wildman–Crippen LogP) is 5.39. The van der Waals surface area contributed by atoms with Crippen molar-refractivity contribution in [3.8, 4) is 17.2 Å². The highest BCUT2D eigenvalue weighted by Gasteiger charge is 2.30. The van der Waals surface area contributed by atoms with Crippen molar-refractivity contribution >= 4 is 38.2 Å². The summed E-state index contributed by atoms with van der Waals surface area (Å²) >= 11 is 0. The average molecular weight is 578 g/mol. The molecule has 0 unspecified atom stereocenters. The molecule has 1 saturated heterocycles. The van der Waals surface area contributed by atoms with E-state index in [0.29, 0.717) is 35.4 Å². The second-order valence-corrected chi connectivity index (χ2v) is 12.0. The number of fused-ring (bicyclic) bond motifs is 1. The van der Waals surface area contributed by atoms with Crippen molar-refractivity contribution in [3.05, 3.63) is 94.8 Å². The molecular weight excluding hydrogens is 552 g/mol. The minimum Gasteiger partial charge on any atom is -0.454 e. The lowest BCUT2D eigenvalue weighted by molar-refractivity contribution is 0.103. The fraction of sp³-hybridized carbons (Fsp3) is 0.172. The standard InChI is InChI=1S/C29H25F2N5O4S/c1-16-11-18-13-23(34-22(18)14-25(16)35-9-4-10-41(35,38)39)28(37)20-15-33-36(29(20)32)24-8-7-19(12-17(24)2)40-26-6-3-5-21(30)27(26)31/h3,5-8,11-15,34H,4,9-10,32H2,1-2H3. The first kappa shape index (κ1) is 26.5. The maximum absolute atomic E-state index is 14.0. The van der Waals surface area contributed by atoms with E-state index in [1.165, 1.54) is 27.3 Å². The molecule has 0 saturated carbocycles. The molecule has 0 atom stereocenters. The predicted molar refractivity (Wildman–Crippen MR) is 151 cm³/mol. The van der Waals surface area contributed by atoms with Gasteiger partial charge in [-0.15, -0.1) is 0 Å². The monoisotopic (exact) mass is 577 g/mol. The molecule has 3 heterocycles. The molecule has 41 heavy (non-hydrogen) atoms. The minimum absolute atomic E-state index is 0.113. The number of aromatic nitrogens is 3. The number of rotatable bonds is 6. The molecule has 210 valence electrons. The first-order valence-corrected chi connectivity index (χ1v) is 14.4. The van der Waals surface area contributed by atoms with Gasteiger partial charge in [-0.2, -0.15) is 9.49 Å². The van der Waals surface area contributed by atoms with Gasteiger partial charge in [0, 0.05) is 17.4 Å². The summed E-state index contributed by atoms with van der Waals surface area (Å²) in [6, 6.07) is 13.8. The topological polar surface area (TPSA) is 123 Å². The van der Waals surface area contributed by atoms with Crippen LogP contribution >= 0.6 is 0 Å². The number of hydrogen-bond donors (Lipinski definition) is 2. The van der Waals surface area contributed by atoms with Crippen molar-refractivity contribution in [2.24, 2.45) is 0 Å². The summed E-state index contributed by atoms with van der Waals surface area (Å²) < 4.78 is 60.8. The number of anilines is 2. The van der Waals surface area contributed by atoms with Crippen LogP contribution in [-0.4, -0.2) is 41.3 Å². The number of hydrogen-bond acceptors (Lipinski definition) is 6. The average Bonchev–Trinajstić information content (AvgIpc) is 3.62. The van der Waals surface area contributed by atoms with Crippen molar-refractivity contribution in [1.29, 1.82) is 0 Å². The third kappa shape index (κ3) is 4.59. The van der Waals surface area contributed by atoms with E-state index >= 15 is 0 Å². The zero-order valence-electron chi connectivity index (χ0n) is 22.1. The summed E-state index contributed by atoms with van der Waals surface area (Å²) in [7, 11) is -3.35. The SMILES string of the molecule is Cc1cc2cc(C(=O)c3cnn(-c4ccc(Oc5cccc(F)c5F)cc4C)c3N)[nH]c2cc1N1CCCS1(=O)=O. The molecule has 5 aromatic rings. The number of nitrogens with two attached hydrogens (primary N) is 1. The quantitative estimate of drug-likeness (QED) is 0.261. The van der Waals surface area contributed by atoms with Crippen LogP contribution in [-0.2, 0) is 10.0 Å². The zero-order chi connectivity index (χ0) is 29.1. The second-order valence-electron chi connectivity index (χ2n) is 9.94. The van der Waals surface area contributed by atoms with Gasteiger partial charge in [0.2, 0.25) is 21.6 Å². The Morgan fingerprint density at radius 2 is 1.83 bits per heavy atom. The summed E-state index contributed by atoms with van der Waals surface area (Å²) in [5.41, 5.74) is 10.1. The highest BCUT2D eigenvalue weighted by Crippen LogP contribution is 2.33. The Hall–Kier alpha value is -4.71. The molecule has 6 rings (SSSR count). The molecule has 0 aliphatic carbocycles. The number of carbonyl (C=O) groups is 1. The van der Waals surface area contributed by atoms with Crippen LogP contribution in [0.1, 0.15) is 33.6 Å². The molecular formula is C29H25F2N5O4S. The number of ether oxygens (including phenoxy) is 1. The number of aromatic amines is 1. The number of nitrogens with zero attached hydrogens (tertiary/aromatic N) is 3. The Bertz CT molecular complexity index is 1970. The van der Waals surface area contributed by atoms with Crippen LogP contribution in [0.25, 0.3) is 16.6 Å². The maximum atomic E-state index is 14.0.